The summed E-state index contributed by atoms with van der Waals surface area (Å²) in [7, 11) is 0. The lowest BCUT2D eigenvalue weighted by atomic mass is 9.89. The van der Waals surface area contributed by atoms with E-state index in [1.165, 1.54) is 12.1 Å². The molecule has 0 aliphatic rings. The number of esters is 1. The van der Waals surface area contributed by atoms with Crippen molar-refractivity contribution in [3.05, 3.63) is 105 Å². The molecule has 0 spiro atoms. The summed E-state index contributed by atoms with van der Waals surface area (Å²) in [6.45, 7) is 7.40. The number of rotatable bonds is 7. The van der Waals surface area contributed by atoms with Crippen LogP contribution in [0.1, 0.15) is 50.6 Å². The van der Waals surface area contributed by atoms with E-state index in [9.17, 15) is 18.0 Å². The van der Waals surface area contributed by atoms with Crippen molar-refractivity contribution in [3.8, 4) is 0 Å². The lowest BCUT2D eigenvalue weighted by Gasteiger charge is -2.25. The van der Waals surface area contributed by atoms with Crippen LogP contribution in [0.3, 0.4) is 0 Å². The SMILES string of the molecule is Cc1cccc(C)c1C(OCC(=O)OCc1cccc(C(F)(F)F)c1)c1c(C)cccc1C. The summed E-state index contributed by atoms with van der Waals surface area (Å²) in [5, 5.41) is 0. The van der Waals surface area contributed by atoms with Crippen LogP contribution in [-0.4, -0.2) is 12.6 Å². The molecule has 0 aliphatic heterocycles. The summed E-state index contributed by atoms with van der Waals surface area (Å²) in [6, 6.07) is 16.7. The second-order valence-electron chi connectivity index (χ2n) is 8.16. The molecule has 0 unspecified atom stereocenters. The van der Waals surface area contributed by atoms with Gasteiger partial charge in [-0.15, -0.1) is 0 Å². The molecule has 33 heavy (non-hydrogen) atoms. The maximum atomic E-state index is 12.9. The van der Waals surface area contributed by atoms with Crippen LogP contribution in [0.15, 0.2) is 60.7 Å². The van der Waals surface area contributed by atoms with E-state index < -0.39 is 23.8 Å². The van der Waals surface area contributed by atoms with Crippen LogP contribution < -0.4 is 0 Å². The summed E-state index contributed by atoms with van der Waals surface area (Å²) < 4.78 is 50.0. The highest BCUT2D eigenvalue weighted by Crippen LogP contribution is 2.35. The molecule has 0 atom stereocenters. The van der Waals surface area contributed by atoms with Crippen molar-refractivity contribution >= 4 is 5.97 Å². The Bertz CT molecular complexity index is 1040. The average Bonchev–Trinajstić information content (AvgIpc) is 2.75. The summed E-state index contributed by atoms with van der Waals surface area (Å²) in [5.41, 5.74) is 5.62. The molecule has 174 valence electrons. The zero-order valence-corrected chi connectivity index (χ0v) is 19.1. The minimum absolute atomic E-state index is 0.260. The number of hydrogen-bond acceptors (Lipinski definition) is 3. The maximum Gasteiger partial charge on any atom is 0.416 e. The Morgan fingerprint density at radius 2 is 1.30 bits per heavy atom. The van der Waals surface area contributed by atoms with Gasteiger partial charge in [-0.1, -0.05) is 48.5 Å². The molecule has 3 aromatic carbocycles. The topological polar surface area (TPSA) is 35.5 Å². The zero-order valence-electron chi connectivity index (χ0n) is 19.1. The molecular formula is C27H27F3O3. The second kappa shape index (κ2) is 10.2. The number of aryl methyl sites for hydroxylation is 4. The van der Waals surface area contributed by atoms with E-state index in [2.05, 4.69) is 0 Å². The highest BCUT2D eigenvalue weighted by Gasteiger charge is 2.30. The Labute approximate surface area is 192 Å². The van der Waals surface area contributed by atoms with Gasteiger partial charge in [-0.05, 0) is 78.8 Å². The maximum absolute atomic E-state index is 12.9. The number of alkyl halides is 3. The number of benzene rings is 3. The summed E-state index contributed by atoms with van der Waals surface area (Å²) in [6.07, 6.45) is -4.93. The van der Waals surface area contributed by atoms with E-state index in [4.69, 9.17) is 9.47 Å². The predicted molar refractivity (Wildman–Crippen MR) is 121 cm³/mol. The van der Waals surface area contributed by atoms with Crippen molar-refractivity contribution in [2.45, 2.75) is 46.6 Å². The Balaban J connectivity index is 1.77. The minimum atomic E-state index is -4.45. The third-order valence-electron chi connectivity index (χ3n) is 5.63. The van der Waals surface area contributed by atoms with Gasteiger partial charge in [0.05, 0.1) is 5.56 Å². The smallest absolute Gasteiger partial charge is 0.416 e. The van der Waals surface area contributed by atoms with E-state index in [0.717, 1.165) is 45.5 Å². The van der Waals surface area contributed by atoms with Crippen LogP contribution in [0.2, 0.25) is 0 Å². The lowest BCUT2D eigenvalue weighted by Crippen LogP contribution is -2.19. The average molecular weight is 457 g/mol. The monoisotopic (exact) mass is 456 g/mol. The quantitative estimate of drug-likeness (QED) is 0.367. The molecule has 0 bridgehead atoms. The van der Waals surface area contributed by atoms with Gasteiger partial charge in [0.15, 0.2) is 0 Å². The van der Waals surface area contributed by atoms with E-state index in [1.54, 1.807) is 0 Å². The predicted octanol–water partition coefficient (Wildman–Crippen LogP) is 6.79. The molecule has 3 nitrogen and oxygen atoms in total. The third kappa shape index (κ3) is 6.02. The van der Waals surface area contributed by atoms with Gasteiger partial charge in [-0.25, -0.2) is 4.79 Å². The minimum Gasteiger partial charge on any atom is -0.459 e. The fourth-order valence-electron chi connectivity index (χ4n) is 3.99. The van der Waals surface area contributed by atoms with Gasteiger partial charge in [0, 0.05) is 0 Å². The Morgan fingerprint density at radius 1 is 0.818 bits per heavy atom. The van der Waals surface area contributed by atoms with Gasteiger partial charge in [0.1, 0.15) is 19.3 Å². The Kier molecular flexibility index (Phi) is 7.59. The number of carbonyl (C=O) groups is 1. The Morgan fingerprint density at radius 3 is 1.79 bits per heavy atom. The van der Waals surface area contributed by atoms with Gasteiger partial charge < -0.3 is 9.47 Å². The number of halogens is 3. The highest BCUT2D eigenvalue weighted by atomic mass is 19.4. The first kappa shape index (κ1) is 24.5. The van der Waals surface area contributed by atoms with Crippen molar-refractivity contribution in [3.63, 3.8) is 0 Å². The highest BCUT2D eigenvalue weighted by molar-refractivity contribution is 5.70. The van der Waals surface area contributed by atoms with Crippen molar-refractivity contribution in [1.29, 1.82) is 0 Å². The molecule has 0 saturated heterocycles. The zero-order chi connectivity index (χ0) is 24.2. The molecule has 0 amide bonds. The summed E-state index contributed by atoms with van der Waals surface area (Å²) >= 11 is 0. The molecule has 3 rings (SSSR count). The van der Waals surface area contributed by atoms with Crippen molar-refractivity contribution < 1.29 is 27.4 Å². The van der Waals surface area contributed by atoms with E-state index in [-0.39, 0.29) is 18.8 Å². The molecule has 0 aromatic heterocycles. The second-order valence-corrected chi connectivity index (χ2v) is 8.16. The first-order valence-corrected chi connectivity index (χ1v) is 10.6. The number of ether oxygens (including phenoxy) is 2. The fraction of sp³-hybridized carbons (Fsp3) is 0.296. The van der Waals surface area contributed by atoms with Gasteiger partial charge in [0.2, 0.25) is 0 Å². The molecule has 0 saturated carbocycles. The number of carbonyl (C=O) groups excluding carboxylic acids is 1. The molecule has 0 fully saturated rings. The molecule has 0 N–H and O–H groups in total. The van der Waals surface area contributed by atoms with Crippen molar-refractivity contribution in [2.75, 3.05) is 6.61 Å². The molecule has 6 heteroatoms. The lowest BCUT2D eigenvalue weighted by molar-refractivity contribution is -0.151. The van der Waals surface area contributed by atoms with Crippen LogP contribution in [0.5, 0.6) is 0 Å². The first-order chi connectivity index (χ1) is 15.6. The van der Waals surface area contributed by atoms with Crippen LogP contribution in [0.4, 0.5) is 13.2 Å². The third-order valence-corrected chi connectivity index (χ3v) is 5.63. The van der Waals surface area contributed by atoms with Gasteiger partial charge in [-0.2, -0.15) is 13.2 Å². The molecule has 0 heterocycles. The van der Waals surface area contributed by atoms with Crippen LogP contribution in [0.25, 0.3) is 0 Å². The molecular weight excluding hydrogens is 429 g/mol. The summed E-state index contributed by atoms with van der Waals surface area (Å²) in [4.78, 5) is 12.4. The van der Waals surface area contributed by atoms with Crippen LogP contribution in [-0.2, 0) is 27.1 Å². The molecule has 0 radical (unpaired) electrons. The largest absolute Gasteiger partial charge is 0.459 e. The van der Waals surface area contributed by atoms with Gasteiger partial charge in [-0.3, -0.25) is 0 Å². The van der Waals surface area contributed by atoms with E-state index in [1.807, 2.05) is 64.1 Å². The Hall–Kier alpha value is -3.12. The van der Waals surface area contributed by atoms with Crippen molar-refractivity contribution in [1.82, 2.24) is 0 Å². The van der Waals surface area contributed by atoms with Crippen LogP contribution in [0, 0.1) is 27.7 Å². The standard InChI is InChI=1S/C27H27F3O3/c1-17-8-5-9-18(2)24(17)26(25-19(3)10-6-11-20(25)4)33-16-23(31)32-15-21-12-7-13-22(14-21)27(28,29)30/h5-14,26H,15-16H2,1-4H3. The molecule has 3 aromatic rings. The number of hydrogen-bond donors (Lipinski definition) is 0. The normalized spacial score (nSPS) is 11.6. The molecule has 0 aliphatic carbocycles. The van der Waals surface area contributed by atoms with Gasteiger partial charge in [0.25, 0.3) is 0 Å². The van der Waals surface area contributed by atoms with E-state index >= 15 is 0 Å². The fourth-order valence-corrected chi connectivity index (χ4v) is 3.99. The van der Waals surface area contributed by atoms with E-state index in [0.29, 0.717) is 0 Å². The van der Waals surface area contributed by atoms with Crippen molar-refractivity contribution in [2.24, 2.45) is 0 Å². The summed E-state index contributed by atoms with van der Waals surface area (Å²) in [5.74, 6) is -0.644. The first-order valence-electron chi connectivity index (χ1n) is 10.6. The van der Waals surface area contributed by atoms with Crippen LogP contribution >= 0.6 is 0 Å². The van der Waals surface area contributed by atoms with Gasteiger partial charge >= 0.3 is 12.1 Å².